The molecule has 2 heterocycles. The van der Waals surface area contributed by atoms with Crippen LogP contribution >= 0.6 is 11.3 Å². The number of ether oxygens (including phenoxy) is 1. The van der Waals surface area contributed by atoms with Gasteiger partial charge in [-0.15, -0.1) is 11.3 Å². The molecule has 3 aromatic rings. The number of para-hydroxylation sites is 2. The van der Waals surface area contributed by atoms with Crippen molar-refractivity contribution in [2.75, 3.05) is 43.1 Å². The second-order valence-electron chi connectivity index (χ2n) is 12.2. The Morgan fingerprint density at radius 3 is 2.46 bits per heavy atom. The molecule has 2 aromatic carbocycles. The number of unbranched alkanes of at least 4 members (excludes halogenated alkanes) is 2. The zero-order valence-corrected chi connectivity index (χ0v) is 29.2. The van der Waals surface area contributed by atoms with Crippen molar-refractivity contribution in [3.05, 3.63) is 65.5 Å². The lowest BCUT2D eigenvalue weighted by Gasteiger charge is -2.33. The van der Waals surface area contributed by atoms with Gasteiger partial charge in [0.25, 0.3) is 10.0 Å². The van der Waals surface area contributed by atoms with Gasteiger partial charge in [-0.3, -0.25) is 14.4 Å². The molecule has 0 fully saturated rings. The molecule has 3 amide bonds. The fourth-order valence-corrected chi connectivity index (χ4v) is 7.82. The summed E-state index contributed by atoms with van der Waals surface area (Å²) < 4.78 is 34.3. The lowest BCUT2D eigenvalue weighted by molar-refractivity contribution is -0.134. The molecular formula is C34H45N5O7S2. The van der Waals surface area contributed by atoms with Crippen molar-refractivity contribution < 1.29 is 32.6 Å². The normalized spacial score (nSPS) is 17.4. The van der Waals surface area contributed by atoms with E-state index in [-0.39, 0.29) is 60.4 Å². The van der Waals surface area contributed by atoms with E-state index in [9.17, 15) is 27.9 Å². The zero-order chi connectivity index (χ0) is 34.8. The number of carbonyl (C=O) groups excluding carboxylic acids is 3. The van der Waals surface area contributed by atoms with Crippen LogP contribution in [0.1, 0.15) is 51.5 Å². The smallest absolute Gasteiger partial charge is 0.252 e. The van der Waals surface area contributed by atoms with Gasteiger partial charge in [-0.25, -0.2) is 8.42 Å². The summed E-state index contributed by atoms with van der Waals surface area (Å²) >= 11 is 1.14. The third kappa shape index (κ3) is 9.78. The van der Waals surface area contributed by atoms with E-state index in [4.69, 9.17) is 10.5 Å². The van der Waals surface area contributed by atoms with E-state index in [1.54, 1.807) is 71.8 Å². The monoisotopic (exact) mass is 699 g/mol. The van der Waals surface area contributed by atoms with Crippen LogP contribution in [0.5, 0.6) is 5.75 Å². The molecule has 0 aliphatic carbocycles. The van der Waals surface area contributed by atoms with Crippen LogP contribution in [-0.2, 0) is 30.8 Å². The number of aliphatic hydroxyl groups is 1. The maximum absolute atomic E-state index is 13.5. The van der Waals surface area contributed by atoms with Gasteiger partial charge in [0.05, 0.1) is 37.0 Å². The molecule has 14 heteroatoms. The van der Waals surface area contributed by atoms with Gasteiger partial charge in [-0.2, -0.15) is 4.31 Å². The number of nitrogen functional groups attached to an aromatic ring is 1. The fraction of sp³-hybridized carbons (Fsp3) is 0.441. The standard InChI is InChI=1S/C34H45N5O7S2/c1-23-20-39(24(2)22-40)33(43)19-25-18-26(15-16-29(25)46-30(23)21-38(3)48(44,45)34-14-9-17-47-34)36-31(41)12-5-4-6-13-32(42)37-28-11-8-7-10-27(28)35/h7-11,14-18,23-24,30,40H,4-6,12-13,19-22,35H2,1-3H3,(H,36,41)(H,37,42)/t23-,24-,30-/m0/s1. The number of nitrogens with zero attached hydrogens (tertiary/aromatic N) is 2. The van der Waals surface area contributed by atoms with Crippen LogP contribution in [0.4, 0.5) is 17.1 Å². The zero-order valence-electron chi connectivity index (χ0n) is 27.6. The summed E-state index contributed by atoms with van der Waals surface area (Å²) in [5.74, 6) is -0.402. The molecule has 12 nitrogen and oxygen atoms in total. The van der Waals surface area contributed by atoms with Crippen LogP contribution in [0.15, 0.2) is 64.2 Å². The van der Waals surface area contributed by atoms with Crippen LogP contribution in [-0.4, -0.2) is 79.3 Å². The number of thiophene rings is 1. The quantitative estimate of drug-likeness (QED) is 0.142. The highest BCUT2D eigenvalue weighted by Gasteiger charge is 2.33. The van der Waals surface area contributed by atoms with Gasteiger partial charge in [0.1, 0.15) is 16.1 Å². The van der Waals surface area contributed by atoms with E-state index >= 15 is 0 Å². The number of carbonyl (C=O) groups is 3. The number of amides is 3. The van der Waals surface area contributed by atoms with Gasteiger partial charge >= 0.3 is 0 Å². The van der Waals surface area contributed by atoms with Crippen molar-refractivity contribution in [1.82, 2.24) is 9.21 Å². The minimum atomic E-state index is -3.74. The van der Waals surface area contributed by atoms with Crippen molar-refractivity contribution in [2.24, 2.45) is 5.92 Å². The molecule has 0 spiro atoms. The summed E-state index contributed by atoms with van der Waals surface area (Å²) in [4.78, 5) is 40.1. The number of aliphatic hydroxyl groups excluding tert-OH is 1. The van der Waals surface area contributed by atoms with Crippen LogP contribution < -0.4 is 21.1 Å². The number of nitrogens with two attached hydrogens (primary N) is 1. The number of fused-ring (bicyclic) bond motifs is 1. The molecule has 0 bridgehead atoms. The SMILES string of the molecule is C[C@H]1CN([C@@H](C)CO)C(=O)Cc2cc(NC(=O)CCCCCC(=O)Nc3ccccc3N)ccc2O[C@H]1CN(C)S(=O)(=O)c1cccs1. The van der Waals surface area contributed by atoms with Gasteiger partial charge in [0, 0.05) is 43.6 Å². The van der Waals surface area contributed by atoms with Crippen LogP contribution in [0.25, 0.3) is 0 Å². The van der Waals surface area contributed by atoms with E-state index in [0.29, 0.717) is 54.1 Å². The number of likely N-dealkylation sites (N-methyl/N-ethyl adjacent to an activating group) is 1. The highest BCUT2D eigenvalue weighted by molar-refractivity contribution is 7.91. The first kappa shape index (κ1) is 36.8. The Morgan fingerprint density at radius 1 is 1.08 bits per heavy atom. The first-order chi connectivity index (χ1) is 22.9. The Labute approximate surface area is 286 Å². The summed E-state index contributed by atoms with van der Waals surface area (Å²) in [5.41, 5.74) is 8.00. The first-order valence-electron chi connectivity index (χ1n) is 16.0. The van der Waals surface area contributed by atoms with Gasteiger partial charge in [-0.1, -0.05) is 31.5 Å². The lowest BCUT2D eigenvalue weighted by atomic mass is 10.0. The molecule has 1 aromatic heterocycles. The van der Waals surface area contributed by atoms with Crippen molar-refractivity contribution in [3.63, 3.8) is 0 Å². The predicted octanol–water partition coefficient (Wildman–Crippen LogP) is 4.33. The molecule has 0 saturated carbocycles. The molecule has 0 saturated heterocycles. The number of rotatable bonds is 14. The number of benzene rings is 2. The van der Waals surface area contributed by atoms with Gasteiger partial charge in [-0.05, 0) is 61.5 Å². The molecular weight excluding hydrogens is 655 g/mol. The second-order valence-corrected chi connectivity index (χ2v) is 15.4. The van der Waals surface area contributed by atoms with Crippen molar-refractivity contribution in [1.29, 1.82) is 0 Å². The van der Waals surface area contributed by atoms with E-state index in [1.165, 1.54) is 11.4 Å². The maximum Gasteiger partial charge on any atom is 0.252 e. The Balaban J connectivity index is 1.39. The summed E-state index contributed by atoms with van der Waals surface area (Å²) in [6.45, 7) is 3.72. The summed E-state index contributed by atoms with van der Waals surface area (Å²) in [7, 11) is -2.24. The Bertz CT molecular complexity index is 1670. The van der Waals surface area contributed by atoms with E-state index in [1.807, 2.05) is 6.92 Å². The average molecular weight is 700 g/mol. The Morgan fingerprint density at radius 2 is 1.79 bits per heavy atom. The number of sulfonamides is 1. The number of hydrogen-bond acceptors (Lipinski definition) is 9. The van der Waals surface area contributed by atoms with E-state index in [0.717, 1.165) is 11.3 Å². The van der Waals surface area contributed by atoms with E-state index < -0.39 is 22.2 Å². The summed E-state index contributed by atoms with van der Waals surface area (Å²) in [6, 6.07) is 14.9. The van der Waals surface area contributed by atoms with Gasteiger partial charge < -0.3 is 31.1 Å². The number of anilines is 3. The number of hydrogen-bond donors (Lipinski definition) is 4. The highest BCUT2D eigenvalue weighted by atomic mass is 32.2. The average Bonchev–Trinajstić information content (AvgIpc) is 3.61. The van der Waals surface area contributed by atoms with Crippen LogP contribution in [0, 0.1) is 5.92 Å². The van der Waals surface area contributed by atoms with Crippen LogP contribution in [0.3, 0.4) is 0 Å². The Hall–Kier alpha value is -3.98. The molecule has 4 rings (SSSR count). The van der Waals surface area contributed by atoms with Crippen LogP contribution in [0.2, 0.25) is 0 Å². The first-order valence-corrected chi connectivity index (χ1v) is 18.3. The molecule has 48 heavy (non-hydrogen) atoms. The Kier molecular flexibility index (Phi) is 13.0. The molecule has 1 aliphatic heterocycles. The topological polar surface area (TPSA) is 171 Å². The summed E-state index contributed by atoms with van der Waals surface area (Å²) in [5, 5.41) is 17.3. The number of nitrogens with one attached hydrogen (secondary N) is 2. The van der Waals surface area contributed by atoms with Crippen molar-refractivity contribution >= 4 is 56.1 Å². The van der Waals surface area contributed by atoms with Crippen molar-refractivity contribution in [3.8, 4) is 5.75 Å². The third-order valence-electron chi connectivity index (χ3n) is 8.34. The predicted molar refractivity (Wildman–Crippen MR) is 187 cm³/mol. The maximum atomic E-state index is 13.5. The fourth-order valence-electron chi connectivity index (χ4n) is 5.44. The van der Waals surface area contributed by atoms with Crippen molar-refractivity contribution in [2.45, 2.75) is 68.7 Å². The van der Waals surface area contributed by atoms with Gasteiger partial charge in [0.15, 0.2) is 0 Å². The molecule has 0 unspecified atom stereocenters. The second kappa shape index (κ2) is 16.9. The minimum Gasteiger partial charge on any atom is -0.488 e. The minimum absolute atomic E-state index is 0.0249. The molecule has 260 valence electrons. The summed E-state index contributed by atoms with van der Waals surface area (Å²) in [6.07, 6.45) is 1.83. The third-order valence-corrected chi connectivity index (χ3v) is 11.5. The van der Waals surface area contributed by atoms with E-state index in [2.05, 4.69) is 10.6 Å². The molecule has 1 aliphatic rings. The molecule has 5 N–H and O–H groups in total. The van der Waals surface area contributed by atoms with Gasteiger partial charge in [0.2, 0.25) is 17.7 Å². The molecule has 3 atom stereocenters. The lowest BCUT2D eigenvalue weighted by Crippen LogP contribution is -2.48. The highest BCUT2D eigenvalue weighted by Crippen LogP contribution is 2.30. The largest absolute Gasteiger partial charge is 0.488 e. The molecule has 0 radical (unpaired) electrons.